The minimum atomic E-state index is 0.00841. The maximum atomic E-state index is 12.7. The van der Waals surface area contributed by atoms with Gasteiger partial charge in [0.05, 0.1) is 0 Å². The molecule has 3 heterocycles. The van der Waals surface area contributed by atoms with Gasteiger partial charge in [-0.3, -0.25) is 9.48 Å². The van der Waals surface area contributed by atoms with E-state index in [-0.39, 0.29) is 11.9 Å². The van der Waals surface area contributed by atoms with Crippen molar-refractivity contribution in [3.05, 3.63) is 23.3 Å². The van der Waals surface area contributed by atoms with Crippen molar-refractivity contribution in [2.75, 3.05) is 25.0 Å². The van der Waals surface area contributed by atoms with Gasteiger partial charge in [-0.2, -0.15) is 9.47 Å². The number of hydrogen-bond donors (Lipinski definition) is 0. The van der Waals surface area contributed by atoms with E-state index in [1.54, 1.807) is 4.68 Å². The fraction of sp³-hybridized carbons (Fsp3) is 0.647. The maximum absolute atomic E-state index is 12.7. The number of carbonyl (C=O) groups is 1. The molecule has 0 N–H and O–H groups in total. The summed E-state index contributed by atoms with van der Waals surface area (Å²) < 4.78 is 6.25. The summed E-state index contributed by atoms with van der Waals surface area (Å²) in [4.78, 5) is 21.5. The molecule has 0 radical (unpaired) electrons. The van der Waals surface area contributed by atoms with Crippen LogP contribution >= 0.6 is 11.5 Å². The third kappa shape index (κ3) is 3.27. The fourth-order valence-electron chi connectivity index (χ4n) is 3.32. The van der Waals surface area contributed by atoms with Crippen LogP contribution in [0.3, 0.4) is 0 Å². The number of rotatable bonds is 4. The second kappa shape index (κ2) is 6.40. The van der Waals surface area contributed by atoms with Gasteiger partial charge in [-0.05, 0) is 38.7 Å². The predicted octanol–water partition coefficient (Wildman–Crippen LogP) is 2.20. The highest BCUT2D eigenvalue weighted by Gasteiger charge is 2.31. The van der Waals surface area contributed by atoms with E-state index in [0.717, 1.165) is 42.6 Å². The average Bonchev–Trinajstić information content (AvgIpc) is 3.26. The number of amides is 1. The highest BCUT2D eigenvalue weighted by atomic mass is 32.1. The summed E-state index contributed by atoms with van der Waals surface area (Å²) in [7, 11) is 3.76. The SMILES string of the molecule is Cc1cc(C(=O)N(C)C2CCN(c3nc(C4CC4)ns3)CC2)nn1C. The Bertz CT molecular complexity index is 752. The number of anilines is 1. The summed E-state index contributed by atoms with van der Waals surface area (Å²) in [5, 5.41) is 5.35. The molecular formula is C17H24N6OS. The third-order valence-corrected chi connectivity index (χ3v) is 6.10. The van der Waals surface area contributed by atoms with E-state index in [9.17, 15) is 4.79 Å². The number of hydrogen-bond acceptors (Lipinski definition) is 6. The van der Waals surface area contributed by atoms with Gasteiger partial charge in [-0.1, -0.05) is 0 Å². The molecule has 1 saturated carbocycles. The first-order valence-electron chi connectivity index (χ1n) is 8.89. The highest BCUT2D eigenvalue weighted by molar-refractivity contribution is 7.09. The van der Waals surface area contributed by atoms with Gasteiger partial charge in [0.1, 0.15) is 5.82 Å². The molecule has 1 amide bonds. The lowest BCUT2D eigenvalue weighted by Gasteiger charge is -2.36. The monoisotopic (exact) mass is 360 g/mol. The lowest BCUT2D eigenvalue weighted by molar-refractivity contribution is 0.0702. The third-order valence-electron chi connectivity index (χ3n) is 5.31. The first kappa shape index (κ1) is 16.5. The van der Waals surface area contributed by atoms with Gasteiger partial charge in [0.15, 0.2) is 5.69 Å². The Kier molecular flexibility index (Phi) is 4.23. The van der Waals surface area contributed by atoms with E-state index in [0.29, 0.717) is 11.6 Å². The molecule has 25 heavy (non-hydrogen) atoms. The highest BCUT2D eigenvalue weighted by Crippen LogP contribution is 2.40. The average molecular weight is 360 g/mol. The van der Waals surface area contributed by atoms with Gasteiger partial charge in [0, 0.05) is 56.4 Å². The Balaban J connectivity index is 1.36. The summed E-state index contributed by atoms with van der Waals surface area (Å²) in [6.07, 6.45) is 4.37. The van der Waals surface area contributed by atoms with Crippen molar-refractivity contribution in [3.63, 3.8) is 0 Å². The van der Waals surface area contributed by atoms with Crippen molar-refractivity contribution in [2.24, 2.45) is 7.05 Å². The second-order valence-electron chi connectivity index (χ2n) is 7.14. The smallest absolute Gasteiger partial charge is 0.274 e. The molecule has 2 aromatic rings. The van der Waals surface area contributed by atoms with E-state index in [1.807, 2.05) is 32.0 Å². The zero-order valence-corrected chi connectivity index (χ0v) is 15.8. The predicted molar refractivity (Wildman–Crippen MR) is 97.2 cm³/mol. The zero-order chi connectivity index (χ0) is 17.6. The Morgan fingerprint density at radius 2 is 2.00 bits per heavy atom. The molecule has 2 aromatic heterocycles. The van der Waals surface area contributed by atoms with Crippen LogP contribution < -0.4 is 4.90 Å². The Morgan fingerprint density at radius 3 is 2.60 bits per heavy atom. The van der Waals surface area contributed by atoms with Crippen LogP contribution in [0.25, 0.3) is 0 Å². The molecule has 0 spiro atoms. The molecule has 0 bridgehead atoms. The van der Waals surface area contributed by atoms with Crippen LogP contribution in [0, 0.1) is 6.92 Å². The van der Waals surface area contributed by atoms with Gasteiger partial charge < -0.3 is 9.80 Å². The Morgan fingerprint density at radius 1 is 1.28 bits per heavy atom. The molecular weight excluding hydrogens is 336 g/mol. The van der Waals surface area contributed by atoms with Crippen molar-refractivity contribution in [2.45, 2.75) is 44.6 Å². The summed E-state index contributed by atoms with van der Waals surface area (Å²) in [5.74, 6) is 1.64. The van der Waals surface area contributed by atoms with Crippen molar-refractivity contribution in [1.82, 2.24) is 24.0 Å². The van der Waals surface area contributed by atoms with Crippen molar-refractivity contribution < 1.29 is 4.79 Å². The molecule has 4 rings (SSSR count). The van der Waals surface area contributed by atoms with Crippen LogP contribution in [0.15, 0.2) is 6.07 Å². The van der Waals surface area contributed by atoms with Gasteiger partial charge in [-0.15, -0.1) is 0 Å². The number of carbonyl (C=O) groups excluding carboxylic acids is 1. The van der Waals surface area contributed by atoms with E-state index in [2.05, 4.69) is 14.4 Å². The molecule has 2 fully saturated rings. The van der Waals surface area contributed by atoms with E-state index < -0.39 is 0 Å². The minimum Gasteiger partial charge on any atom is -0.347 e. The number of nitrogens with zero attached hydrogens (tertiary/aromatic N) is 6. The van der Waals surface area contributed by atoms with E-state index in [1.165, 1.54) is 24.4 Å². The van der Waals surface area contributed by atoms with E-state index in [4.69, 9.17) is 4.98 Å². The summed E-state index contributed by atoms with van der Waals surface area (Å²) >= 11 is 1.51. The molecule has 7 nitrogen and oxygen atoms in total. The van der Waals surface area contributed by atoms with Crippen LogP contribution in [-0.2, 0) is 7.05 Å². The number of piperidine rings is 1. The molecule has 134 valence electrons. The molecule has 1 saturated heterocycles. The normalized spacial score (nSPS) is 18.6. The Hall–Kier alpha value is -1.96. The second-order valence-corrected chi connectivity index (χ2v) is 7.87. The minimum absolute atomic E-state index is 0.00841. The van der Waals surface area contributed by atoms with Crippen LogP contribution in [0.5, 0.6) is 0 Å². The maximum Gasteiger partial charge on any atom is 0.274 e. The summed E-state index contributed by atoms with van der Waals surface area (Å²) in [6.45, 7) is 3.80. The molecule has 8 heteroatoms. The first-order chi connectivity index (χ1) is 12.0. The number of aryl methyl sites for hydroxylation is 2. The van der Waals surface area contributed by atoms with Gasteiger partial charge in [-0.25, -0.2) is 4.98 Å². The fourth-order valence-corrected chi connectivity index (χ4v) is 4.12. The quantitative estimate of drug-likeness (QED) is 0.836. The standard InChI is InChI=1S/C17H24N6OS/c1-11-10-14(19-22(11)3)16(24)21(2)13-6-8-23(9-7-13)17-18-15(20-25-17)12-4-5-12/h10,12-13H,4-9H2,1-3H3. The van der Waals surface area contributed by atoms with Gasteiger partial charge in [0.25, 0.3) is 5.91 Å². The topological polar surface area (TPSA) is 67.2 Å². The van der Waals surface area contributed by atoms with Crippen molar-refractivity contribution in [1.29, 1.82) is 0 Å². The van der Waals surface area contributed by atoms with Crippen LogP contribution in [0.4, 0.5) is 5.13 Å². The van der Waals surface area contributed by atoms with Crippen LogP contribution in [-0.4, -0.2) is 56.1 Å². The molecule has 2 aliphatic rings. The zero-order valence-electron chi connectivity index (χ0n) is 15.0. The summed E-state index contributed by atoms with van der Waals surface area (Å²) in [5.41, 5.74) is 1.53. The van der Waals surface area contributed by atoms with Crippen LogP contribution in [0.2, 0.25) is 0 Å². The van der Waals surface area contributed by atoms with E-state index >= 15 is 0 Å². The Labute approximate surface area is 151 Å². The lowest BCUT2D eigenvalue weighted by atomic mass is 10.0. The summed E-state index contributed by atoms with van der Waals surface area (Å²) in [6, 6.07) is 2.11. The molecule has 1 aliphatic heterocycles. The molecule has 1 aliphatic carbocycles. The lowest BCUT2D eigenvalue weighted by Crippen LogP contribution is -2.45. The molecule has 0 unspecified atom stereocenters. The van der Waals surface area contributed by atoms with Crippen LogP contribution in [0.1, 0.15) is 53.6 Å². The first-order valence-corrected chi connectivity index (χ1v) is 9.66. The molecule has 0 atom stereocenters. The number of aromatic nitrogens is 4. The van der Waals surface area contributed by atoms with Gasteiger partial charge >= 0.3 is 0 Å². The largest absolute Gasteiger partial charge is 0.347 e. The molecule has 0 aromatic carbocycles. The van der Waals surface area contributed by atoms with Crippen molar-refractivity contribution >= 4 is 22.6 Å². The van der Waals surface area contributed by atoms with Gasteiger partial charge in [0.2, 0.25) is 5.13 Å². The van der Waals surface area contributed by atoms with Crippen molar-refractivity contribution in [3.8, 4) is 0 Å².